The molecule has 4 heterocycles. The highest BCUT2D eigenvalue weighted by molar-refractivity contribution is 9.10. The molecule has 0 aliphatic carbocycles. The summed E-state index contributed by atoms with van der Waals surface area (Å²) in [6, 6.07) is 4.37. The van der Waals surface area contributed by atoms with Crippen molar-refractivity contribution in [1.29, 1.82) is 0 Å². The molecule has 3 N–H and O–H groups in total. The number of pyridine rings is 2. The van der Waals surface area contributed by atoms with Crippen molar-refractivity contribution < 1.29 is 28.9 Å². The van der Waals surface area contributed by atoms with Crippen molar-refractivity contribution in [3.8, 4) is 11.4 Å². The fourth-order valence-corrected chi connectivity index (χ4v) is 4.95. The number of aliphatic hydroxyl groups is 2. The number of cyclic esters (lactones) is 1. The second-order valence-electron chi connectivity index (χ2n) is 8.24. The second kappa shape index (κ2) is 7.97. The molecule has 0 bridgehead atoms. The summed E-state index contributed by atoms with van der Waals surface area (Å²) in [5.74, 6) is -1.95. The maximum Gasteiger partial charge on any atom is 0.343 e. The number of nitrogens with one attached hydrogen (secondary N) is 1. The minimum atomic E-state index is -1.96. The normalized spacial score (nSPS) is 18.3. The minimum absolute atomic E-state index is 0.0113. The SMILES string of the molecule is CC[C@@]1(O)C(=O)OCc2c1cc1n(c2=O)Cc2c-1nc1cc(F)c(Br)cc1c2CNC(=O)CO. The van der Waals surface area contributed by atoms with Crippen LogP contribution in [0.15, 0.2) is 27.5 Å². The van der Waals surface area contributed by atoms with Crippen LogP contribution in [0.5, 0.6) is 0 Å². The van der Waals surface area contributed by atoms with E-state index >= 15 is 0 Å². The number of rotatable bonds is 4. The average Bonchev–Trinajstić information content (AvgIpc) is 3.19. The Morgan fingerprint density at radius 3 is 2.79 bits per heavy atom. The van der Waals surface area contributed by atoms with Gasteiger partial charge in [0.1, 0.15) is 19.0 Å². The number of nitrogens with zero attached hydrogens (tertiary/aromatic N) is 2. The summed E-state index contributed by atoms with van der Waals surface area (Å²) >= 11 is 3.18. The molecule has 9 nitrogen and oxygen atoms in total. The predicted octanol–water partition coefficient (Wildman–Crippen LogP) is 1.59. The first-order valence-corrected chi connectivity index (χ1v) is 11.3. The number of carbonyl (C=O) groups is 2. The van der Waals surface area contributed by atoms with Crippen LogP contribution in [-0.4, -0.2) is 38.2 Å². The van der Waals surface area contributed by atoms with Gasteiger partial charge in [0.15, 0.2) is 5.60 Å². The summed E-state index contributed by atoms with van der Waals surface area (Å²) in [4.78, 5) is 42.1. The molecule has 0 fully saturated rings. The van der Waals surface area contributed by atoms with E-state index in [9.17, 15) is 23.9 Å². The van der Waals surface area contributed by atoms with Crippen LogP contribution in [0.1, 0.15) is 35.6 Å². The summed E-state index contributed by atoms with van der Waals surface area (Å²) in [5, 5.41) is 23.3. The molecule has 1 atom stereocenters. The van der Waals surface area contributed by atoms with Crippen LogP contribution in [-0.2, 0) is 39.6 Å². The molecule has 11 heteroatoms. The Balaban J connectivity index is 1.78. The zero-order valence-electron chi connectivity index (χ0n) is 17.9. The van der Waals surface area contributed by atoms with Crippen LogP contribution in [0.2, 0.25) is 0 Å². The zero-order valence-corrected chi connectivity index (χ0v) is 19.5. The molecule has 34 heavy (non-hydrogen) atoms. The van der Waals surface area contributed by atoms with E-state index in [1.54, 1.807) is 19.1 Å². The highest BCUT2D eigenvalue weighted by Gasteiger charge is 2.45. The van der Waals surface area contributed by atoms with Crippen molar-refractivity contribution in [1.82, 2.24) is 14.9 Å². The number of hydrogen-bond donors (Lipinski definition) is 3. The van der Waals surface area contributed by atoms with Gasteiger partial charge < -0.3 is 24.8 Å². The number of benzene rings is 1. The van der Waals surface area contributed by atoms with E-state index in [-0.39, 0.29) is 41.7 Å². The van der Waals surface area contributed by atoms with Crippen molar-refractivity contribution in [2.24, 2.45) is 0 Å². The van der Waals surface area contributed by atoms with Crippen molar-refractivity contribution in [2.75, 3.05) is 6.61 Å². The predicted molar refractivity (Wildman–Crippen MR) is 121 cm³/mol. The molecule has 2 aromatic heterocycles. The number of fused-ring (bicyclic) bond motifs is 5. The molecular weight excluding hydrogens is 513 g/mol. The van der Waals surface area contributed by atoms with E-state index < -0.39 is 35.5 Å². The second-order valence-corrected chi connectivity index (χ2v) is 9.09. The largest absolute Gasteiger partial charge is 0.458 e. The fourth-order valence-electron chi connectivity index (χ4n) is 4.60. The van der Waals surface area contributed by atoms with E-state index in [4.69, 9.17) is 9.84 Å². The van der Waals surface area contributed by atoms with Gasteiger partial charge in [-0.3, -0.25) is 9.59 Å². The number of aromatic nitrogens is 2. The molecule has 0 saturated carbocycles. The lowest BCUT2D eigenvalue weighted by molar-refractivity contribution is -0.172. The number of ether oxygens (including phenoxy) is 1. The Morgan fingerprint density at radius 2 is 2.09 bits per heavy atom. The lowest BCUT2D eigenvalue weighted by Crippen LogP contribution is -2.44. The smallest absolute Gasteiger partial charge is 0.343 e. The van der Waals surface area contributed by atoms with Crippen LogP contribution < -0.4 is 10.9 Å². The first-order chi connectivity index (χ1) is 16.2. The highest BCUT2D eigenvalue weighted by atomic mass is 79.9. The quantitative estimate of drug-likeness (QED) is 0.341. The summed E-state index contributed by atoms with van der Waals surface area (Å²) in [6.45, 7) is 0.807. The van der Waals surface area contributed by atoms with Crippen LogP contribution in [0.25, 0.3) is 22.3 Å². The molecule has 176 valence electrons. The van der Waals surface area contributed by atoms with Crippen molar-refractivity contribution >= 4 is 38.7 Å². The number of aliphatic hydroxyl groups excluding tert-OH is 1. The van der Waals surface area contributed by atoms with Gasteiger partial charge in [0.25, 0.3) is 5.56 Å². The van der Waals surface area contributed by atoms with Crippen LogP contribution in [0.3, 0.4) is 0 Å². The minimum Gasteiger partial charge on any atom is -0.458 e. The molecule has 2 aliphatic heterocycles. The third kappa shape index (κ3) is 3.18. The first-order valence-electron chi connectivity index (χ1n) is 10.5. The van der Waals surface area contributed by atoms with Crippen molar-refractivity contribution in [3.63, 3.8) is 0 Å². The Morgan fingerprint density at radius 1 is 1.32 bits per heavy atom. The zero-order chi connectivity index (χ0) is 24.4. The summed E-state index contributed by atoms with van der Waals surface area (Å²) in [6.07, 6.45) is 0.0113. The fraction of sp³-hybridized carbons (Fsp3) is 0.304. The maximum absolute atomic E-state index is 14.3. The van der Waals surface area contributed by atoms with Gasteiger partial charge in [-0.05, 0) is 40.0 Å². The topological polar surface area (TPSA) is 131 Å². The molecule has 0 spiro atoms. The third-order valence-corrected chi connectivity index (χ3v) is 7.06. The number of esters is 1. The van der Waals surface area contributed by atoms with Crippen LogP contribution in [0.4, 0.5) is 4.39 Å². The van der Waals surface area contributed by atoms with E-state index in [0.29, 0.717) is 33.4 Å². The number of halogens is 2. The summed E-state index contributed by atoms with van der Waals surface area (Å²) in [7, 11) is 0. The number of hydrogen-bond acceptors (Lipinski definition) is 7. The Kier molecular flexibility index (Phi) is 5.30. The third-order valence-electron chi connectivity index (χ3n) is 6.45. The van der Waals surface area contributed by atoms with Gasteiger partial charge in [0.05, 0.1) is 33.5 Å². The Labute approximate surface area is 200 Å². The highest BCUT2D eigenvalue weighted by Crippen LogP contribution is 2.40. The van der Waals surface area contributed by atoms with Gasteiger partial charge in [-0.25, -0.2) is 14.2 Å². The molecular formula is C23H19BrFN3O6. The van der Waals surface area contributed by atoms with Gasteiger partial charge in [-0.15, -0.1) is 0 Å². The lowest BCUT2D eigenvalue weighted by Gasteiger charge is -2.31. The standard InChI is InChI=1S/C23H19BrFN3O6/c1-2-23(33)14-4-18-20-12(7-28(18)21(31)13(14)9-34-22(23)32)11(6-26-19(30)8-29)10-3-15(24)16(25)5-17(10)27-20/h3-5,29,33H,2,6-9H2,1H3,(H,26,30)/t23-/m0/s1. The van der Waals surface area contributed by atoms with Gasteiger partial charge in [0, 0.05) is 29.1 Å². The van der Waals surface area contributed by atoms with E-state index in [1.807, 2.05) is 0 Å². The van der Waals surface area contributed by atoms with Crippen molar-refractivity contribution in [3.05, 3.63) is 61.1 Å². The van der Waals surface area contributed by atoms with E-state index in [1.165, 1.54) is 10.6 Å². The molecule has 0 unspecified atom stereocenters. The van der Waals surface area contributed by atoms with Gasteiger partial charge in [-0.1, -0.05) is 6.92 Å². The lowest BCUT2D eigenvalue weighted by atomic mass is 9.86. The Hall–Kier alpha value is -3.15. The molecule has 0 saturated heterocycles. The Bertz CT molecular complexity index is 1470. The van der Waals surface area contributed by atoms with E-state index in [2.05, 4.69) is 26.2 Å². The average molecular weight is 532 g/mol. The summed E-state index contributed by atoms with van der Waals surface area (Å²) in [5.41, 5.74) is 0.292. The molecule has 0 radical (unpaired) electrons. The number of carbonyl (C=O) groups excluding carboxylic acids is 2. The molecule has 3 aromatic rings. The van der Waals surface area contributed by atoms with Crippen molar-refractivity contribution in [2.45, 2.75) is 38.6 Å². The maximum atomic E-state index is 14.3. The number of amides is 1. The van der Waals surface area contributed by atoms with Gasteiger partial charge >= 0.3 is 5.97 Å². The first kappa shape index (κ1) is 22.6. The van der Waals surface area contributed by atoms with Crippen LogP contribution >= 0.6 is 15.9 Å². The monoisotopic (exact) mass is 531 g/mol. The molecule has 1 aromatic carbocycles. The van der Waals surface area contributed by atoms with Crippen LogP contribution in [0, 0.1) is 5.82 Å². The molecule has 1 amide bonds. The van der Waals surface area contributed by atoms with E-state index in [0.717, 1.165) is 0 Å². The molecule has 2 aliphatic rings. The molecule has 5 rings (SSSR count). The van der Waals surface area contributed by atoms with Gasteiger partial charge in [-0.2, -0.15) is 0 Å². The summed E-state index contributed by atoms with van der Waals surface area (Å²) < 4.78 is 21.1. The van der Waals surface area contributed by atoms with Gasteiger partial charge in [0.2, 0.25) is 5.91 Å².